The smallest absolute Gasteiger partial charge is 0.274 e. The molecule has 164 valence electrons. The van der Waals surface area contributed by atoms with E-state index in [4.69, 9.17) is 9.47 Å². The number of aromatic nitrogens is 2. The van der Waals surface area contributed by atoms with Crippen LogP contribution in [0.15, 0.2) is 77.6 Å². The van der Waals surface area contributed by atoms with Crippen LogP contribution in [0.25, 0.3) is 22.1 Å². The molecule has 0 amide bonds. The number of hydrogen-bond acceptors (Lipinski definition) is 7. The molecule has 33 heavy (non-hydrogen) atoms. The molecule has 0 unspecified atom stereocenters. The molecule has 0 radical (unpaired) electrons. The molecule has 0 spiro atoms. The molecule has 0 aliphatic rings. The van der Waals surface area contributed by atoms with Crippen LogP contribution in [0.4, 0.5) is 5.69 Å². The van der Waals surface area contributed by atoms with Crippen molar-refractivity contribution in [2.24, 2.45) is 0 Å². The summed E-state index contributed by atoms with van der Waals surface area (Å²) in [4.78, 5) is 28.5. The molecular formula is C24H17N3O5S. The van der Waals surface area contributed by atoms with Gasteiger partial charge in [-0.25, -0.2) is 9.38 Å². The Kier molecular flexibility index (Phi) is 5.45. The van der Waals surface area contributed by atoms with E-state index in [1.165, 1.54) is 23.5 Å². The number of imidazole rings is 1. The second-order valence-electron chi connectivity index (χ2n) is 7.12. The van der Waals surface area contributed by atoms with Gasteiger partial charge in [-0.3, -0.25) is 14.9 Å². The average Bonchev–Trinajstić information content (AvgIpc) is 3.34. The van der Waals surface area contributed by atoms with Crippen molar-refractivity contribution in [1.29, 1.82) is 0 Å². The lowest BCUT2D eigenvalue weighted by Crippen LogP contribution is -2.22. The second kappa shape index (κ2) is 8.71. The monoisotopic (exact) mass is 459 g/mol. The van der Waals surface area contributed by atoms with Gasteiger partial charge in [0.05, 0.1) is 20.5 Å². The summed E-state index contributed by atoms with van der Waals surface area (Å²) in [5.41, 5.74) is 2.26. The molecule has 0 bridgehead atoms. The van der Waals surface area contributed by atoms with Gasteiger partial charge in [0.1, 0.15) is 24.7 Å². The minimum Gasteiger partial charge on any atom is -0.490 e. The lowest BCUT2D eigenvalue weighted by molar-refractivity contribution is -0.384. The molecule has 0 atom stereocenters. The van der Waals surface area contributed by atoms with Gasteiger partial charge in [0, 0.05) is 17.7 Å². The predicted octanol–water partition coefficient (Wildman–Crippen LogP) is 3.82. The minimum atomic E-state index is -0.457. The first-order chi connectivity index (χ1) is 16.1. The van der Waals surface area contributed by atoms with Gasteiger partial charge in [0.2, 0.25) is 0 Å². The van der Waals surface area contributed by atoms with Crippen LogP contribution in [0.3, 0.4) is 0 Å². The lowest BCUT2D eigenvalue weighted by atomic mass is 10.2. The van der Waals surface area contributed by atoms with Crippen LogP contribution >= 0.6 is 11.3 Å². The second-order valence-corrected chi connectivity index (χ2v) is 8.13. The first kappa shape index (κ1) is 20.7. The van der Waals surface area contributed by atoms with Crippen molar-refractivity contribution >= 4 is 39.1 Å². The minimum absolute atomic E-state index is 0.00909. The van der Waals surface area contributed by atoms with Crippen LogP contribution in [-0.2, 0) is 0 Å². The number of non-ortho nitro benzene ring substituents is 1. The Morgan fingerprint density at radius 3 is 2.52 bits per heavy atom. The van der Waals surface area contributed by atoms with E-state index in [1.54, 1.807) is 16.5 Å². The van der Waals surface area contributed by atoms with Crippen molar-refractivity contribution < 1.29 is 14.4 Å². The van der Waals surface area contributed by atoms with Gasteiger partial charge < -0.3 is 9.47 Å². The largest absolute Gasteiger partial charge is 0.490 e. The number of fused-ring (bicyclic) bond motifs is 3. The summed E-state index contributed by atoms with van der Waals surface area (Å²) in [6.07, 6.45) is 1.81. The van der Waals surface area contributed by atoms with Crippen molar-refractivity contribution in [2.45, 2.75) is 0 Å². The molecule has 0 saturated heterocycles. The summed E-state index contributed by atoms with van der Waals surface area (Å²) in [6.45, 7) is 0.530. The average molecular weight is 459 g/mol. The Labute approximate surface area is 191 Å². The van der Waals surface area contributed by atoms with Crippen molar-refractivity contribution in [3.05, 3.63) is 103 Å². The molecule has 8 nitrogen and oxygen atoms in total. The third-order valence-electron chi connectivity index (χ3n) is 5.01. The Bertz CT molecular complexity index is 1570. The van der Waals surface area contributed by atoms with Crippen LogP contribution in [0.5, 0.6) is 11.5 Å². The zero-order chi connectivity index (χ0) is 22.8. The number of rotatable bonds is 7. The topological polar surface area (TPSA) is 96.0 Å². The lowest BCUT2D eigenvalue weighted by Gasteiger charge is -2.10. The van der Waals surface area contributed by atoms with Crippen LogP contribution in [0.2, 0.25) is 0 Å². The summed E-state index contributed by atoms with van der Waals surface area (Å²) < 4.78 is 13.7. The molecule has 0 saturated carbocycles. The standard InChI is InChI=1S/C24H17N3O5S/c28-23-22(33-24-25-19-6-2-3-7-20(19)26(23)24)15-16-5-1-4-8-21(16)32-14-13-31-18-11-9-17(10-12-18)27(29)30/h1-12,15H,13-14H2/b22-15-. The Hall–Kier alpha value is -4.24. The highest BCUT2D eigenvalue weighted by molar-refractivity contribution is 7.15. The molecule has 3 aromatic carbocycles. The third kappa shape index (κ3) is 4.13. The molecule has 5 rings (SSSR count). The van der Waals surface area contributed by atoms with Crippen LogP contribution in [-0.4, -0.2) is 27.5 Å². The van der Waals surface area contributed by atoms with Gasteiger partial charge in [-0.1, -0.05) is 41.7 Å². The molecule has 9 heteroatoms. The zero-order valence-electron chi connectivity index (χ0n) is 17.2. The van der Waals surface area contributed by atoms with E-state index in [-0.39, 0.29) is 24.5 Å². The van der Waals surface area contributed by atoms with E-state index >= 15 is 0 Å². The number of ether oxygens (including phenoxy) is 2. The van der Waals surface area contributed by atoms with E-state index in [9.17, 15) is 14.9 Å². The molecule has 0 fully saturated rings. The predicted molar refractivity (Wildman–Crippen MR) is 126 cm³/mol. The first-order valence-corrected chi connectivity index (χ1v) is 10.9. The fraction of sp³-hybridized carbons (Fsp3) is 0.0833. The third-order valence-corrected chi connectivity index (χ3v) is 5.98. The number of nitro groups is 1. The summed E-state index contributed by atoms with van der Waals surface area (Å²) in [5.74, 6) is 1.15. The number of thiazole rings is 1. The molecule has 0 aliphatic heterocycles. The van der Waals surface area contributed by atoms with E-state index in [0.29, 0.717) is 21.0 Å². The van der Waals surface area contributed by atoms with Crippen molar-refractivity contribution in [2.75, 3.05) is 13.2 Å². The number of nitrogens with zero attached hydrogens (tertiary/aromatic N) is 3. The SMILES string of the molecule is O=c1/c(=C/c2ccccc2OCCOc2ccc([N+](=O)[O-])cc2)sc2nc3ccccc3n12. The number of nitro benzene ring substituents is 1. The molecule has 2 aromatic heterocycles. The van der Waals surface area contributed by atoms with Crippen molar-refractivity contribution in [3.8, 4) is 11.5 Å². The van der Waals surface area contributed by atoms with E-state index in [0.717, 1.165) is 16.6 Å². The highest BCUT2D eigenvalue weighted by Crippen LogP contribution is 2.21. The maximum atomic E-state index is 13.0. The summed E-state index contributed by atoms with van der Waals surface area (Å²) in [7, 11) is 0. The summed E-state index contributed by atoms with van der Waals surface area (Å²) in [5, 5.41) is 10.7. The number of benzene rings is 3. The van der Waals surface area contributed by atoms with Gasteiger partial charge in [-0.15, -0.1) is 0 Å². The summed E-state index contributed by atoms with van der Waals surface area (Å²) >= 11 is 1.34. The summed E-state index contributed by atoms with van der Waals surface area (Å²) in [6, 6.07) is 20.9. The highest BCUT2D eigenvalue weighted by Gasteiger charge is 2.11. The van der Waals surface area contributed by atoms with Gasteiger partial charge in [0.15, 0.2) is 4.96 Å². The Balaban J connectivity index is 1.33. The number of para-hydroxylation sites is 3. The number of hydrogen-bond donors (Lipinski definition) is 0. The van der Waals surface area contributed by atoms with Gasteiger partial charge in [0.25, 0.3) is 11.2 Å². The zero-order valence-corrected chi connectivity index (χ0v) is 18.0. The van der Waals surface area contributed by atoms with Gasteiger partial charge in [-0.2, -0.15) is 0 Å². The Morgan fingerprint density at radius 2 is 1.70 bits per heavy atom. The highest BCUT2D eigenvalue weighted by atomic mass is 32.1. The fourth-order valence-corrected chi connectivity index (χ4v) is 4.44. The fourth-order valence-electron chi connectivity index (χ4n) is 3.46. The van der Waals surface area contributed by atoms with Gasteiger partial charge >= 0.3 is 0 Å². The van der Waals surface area contributed by atoms with E-state index in [1.807, 2.05) is 54.6 Å². The normalized spacial score (nSPS) is 11.8. The van der Waals surface area contributed by atoms with Crippen LogP contribution in [0.1, 0.15) is 5.56 Å². The van der Waals surface area contributed by atoms with Crippen LogP contribution < -0.4 is 19.6 Å². The van der Waals surface area contributed by atoms with E-state index < -0.39 is 4.92 Å². The van der Waals surface area contributed by atoms with Crippen molar-refractivity contribution in [1.82, 2.24) is 9.38 Å². The van der Waals surface area contributed by atoms with Crippen LogP contribution in [0, 0.1) is 10.1 Å². The van der Waals surface area contributed by atoms with E-state index in [2.05, 4.69) is 4.98 Å². The molecule has 0 aliphatic carbocycles. The van der Waals surface area contributed by atoms with Gasteiger partial charge in [-0.05, 0) is 36.4 Å². The molecule has 2 heterocycles. The molecule has 5 aromatic rings. The maximum Gasteiger partial charge on any atom is 0.274 e. The first-order valence-electron chi connectivity index (χ1n) is 10.1. The molecule has 0 N–H and O–H groups in total. The molecular weight excluding hydrogens is 442 g/mol. The van der Waals surface area contributed by atoms with Crippen molar-refractivity contribution in [3.63, 3.8) is 0 Å². The maximum absolute atomic E-state index is 13.0. The quantitative estimate of drug-likeness (QED) is 0.209. The Morgan fingerprint density at radius 1 is 0.970 bits per heavy atom.